The number of anilines is 1. The van der Waals surface area contributed by atoms with E-state index in [1.165, 1.54) is 0 Å². The van der Waals surface area contributed by atoms with Crippen molar-refractivity contribution in [3.63, 3.8) is 0 Å². The van der Waals surface area contributed by atoms with Crippen LogP contribution in [0.15, 0.2) is 18.2 Å². The summed E-state index contributed by atoms with van der Waals surface area (Å²) in [6.07, 6.45) is -1.26. The average Bonchev–Trinajstić information content (AvgIpc) is 2.40. The molecule has 0 radical (unpaired) electrons. The number of ether oxygens (including phenoxy) is 1. The number of aliphatic hydroxyl groups is 2. The zero-order chi connectivity index (χ0) is 16.8. The van der Waals surface area contributed by atoms with Crippen molar-refractivity contribution >= 4 is 11.8 Å². The summed E-state index contributed by atoms with van der Waals surface area (Å²) in [7, 11) is 0. The van der Waals surface area contributed by atoms with Crippen LogP contribution in [0.5, 0.6) is 0 Å². The maximum absolute atomic E-state index is 11.6. The van der Waals surface area contributed by atoms with Crippen molar-refractivity contribution in [2.45, 2.75) is 45.9 Å². The third-order valence-corrected chi connectivity index (χ3v) is 2.73. The zero-order valence-electron chi connectivity index (χ0n) is 13.6. The van der Waals surface area contributed by atoms with Crippen LogP contribution in [0.4, 0.5) is 10.5 Å². The molecule has 0 aliphatic rings. The molecule has 1 aromatic carbocycles. The Kier molecular flexibility index (Phi) is 6.64. The number of alkyl carbamates (subject to hydrolysis) is 1. The fourth-order valence-corrected chi connectivity index (χ4v) is 1.86. The molecule has 0 bridgehead atoms. The van der Waals surface area contributed by atoms with Gasteiger partial charge in [-0.25, -0.2) is 4.79 Å². The number of hydrogen-bond donors (Lipinski definition) is 4. The van der Waals surface area contributed by atoms with Crippen molar-refractivity contribution < 1.29 is 19.7 Å². The highest BCUT2D eigenvalue weighted by Gasteiger charge is 2.15. The first-order valence-corrected chi connectivity index (χ1v) is 7.30. The van der Waals surface area contributed by atoms with Crippen LogP contribution in [-0.2, 0) is 11.3 Å². The van der Waals surface area contributed by atoms with E-state index in [1.807, 2.05) is 45.9 Å². The molecule has 1 unspecified atom stereocenters. The lowest BCUT2D eigenvalue weighted by atomic mass is 10.1. The van der Waals surface area contributed by atoms with Gasteiger partial charge in [-0.2, -0.15) is 0 Å². The molecule has 1 atom stereocenters. The van der Waals surface area contributed by atoms with E-state index in [9.17, 15) is 9.90 Å². The van der Waals surface area contributed by atoms with Gasteiger partial charge in [0.1, 0.15) is 5.60 Å². The second-order valence-electron chi connectivity index (χ2n) is 6.28. The summed E-state index contributed by atoms with van der Waals surface area (Å²) in [4.78, 5) is 11.6. The summed E-state index contributed by atoms with van der Waals surface area (Å²) in [5.74, 6) is 0. The second kappa shape index (κ2) is 8.00. The van der Waals surface area contributed by atoms with Gasteiger partial charge >= 0.3 is 6.09 Å². The molecule has 6 nitrogen and oxygen atoms in total. The molecule has 6 heteroatoms. The van der Waals surface area contributed by atoms with Crippen LogP contribution in [0.2, 0.25) is 0 Å². The molecule has 0 saturated heterocycles. The number of carbonyl (C=O) groups excluding carboxylic acids is 1. The Morgan fingerprint density at radius 2 is 2.00 bits per heavy atom. The van der Waals surface area contributed by atoms with Gasteiger partial charge < -0.3 is 25.6 Å². The number of aryl methyl sites for hydroxylation is 1. The largest absolute Gasteiger partial charge is 0.444 e. The highest BCUT2D eigenvalue weighted by Crippen LogP contribution is 2.15. The van der Waals surface area contributed by atoms with Crippen LogP contribution in [0.1, 0.15) is 31.9 Å². The van der Waals surface area contributed by atoms with Gasteiger partial charge in [-0.15, -0.1) is 0 Å². The molecule has 0 aliphatic carbocycles. The van der Waals surface area contributed by atoms with Crippen molar-refractivity contribution in [2.24, 2.45) is 0 Å². The summed E-state index contributed by atoms with van der Waals surface area (Å²) in [6, 6.07) is 5.78. The average molecular weight is 310 g/mol. The molecule has 0 aliphatic heterocycles. The lowest BCUT2D eigenvalue weighted by Crippen LogP contribution is -2.32. The van der Waals surface area contributed by atoms with E-state index in [1.54, 1.807) is 0 Å². The van der Waals surface area contributed by atoms with Crippen LogP contribution < -0.4 is 10.6 Å². The molecular weight excluding hydrogens is 284 g/mol. The molecular formula is C16H26N2O4. The van der Waals surface area contributed by atoms with Gasteiger partial charge in [0.25, 0.3) is 0 Å². The second-order valence-corrected chi connectivity index (χ2v) is 6.28. The SMILES string of the molecule is Cc1cc(CNC(=O)OC(C)(C)C)cc(NCC(O)CO)c1. The normalized spacial score (nSPS) is 12.6. The molecule has 1 amide bonds. The number of rotatable bonds is 6. The fraction of sp³-hybridized carbons (Fsp3) is 0.562. The minimum absolute atomic E-state index is 0.263. The molecule has 124 valence electrons. The first-order valence-electron chi connectivity index (χ1n) is 7.30. The van der Waals surface area contributed by atoms with Crippen LogP contribution in [0.3, 0.4) is 0 Å². The van der Waals surface area contributed by atoms with Gasteiger partial charge in [-0.3, -0.25) is 0 Å². The van der Waals surface area contributed by atoms with Crippen molar-refractivity contribution in [3.05, 3.63) is 29.3 Å². The van der Waals surface area contributed by atoms with Crippen molar-refractivity contribution in [1.29, 1.82) is 0 Å². The molecule has 0 spiro atoms. The third kappa shape index (κ3) is 7.28. The molecule has 0 heterocycles. The van der Waals surface area contributed by atoms with E-state index in [-0.39, 0.29) is 13.2 Å². The summed E-state index contributed by atoms with van der Waals surface area (Å²) in [6.45, 7) is 7.72. The molecule has 0 saturated carbocycles. The Hall–Kier alpha value is -1.79. The lowest BCUT2D eigenvalue weighted by Gasteiger charge is -2.20. The molecule has 0 fully saturated rings. The van der Waals surface area contributed by atoms with Gasteiger partial charge in [0.05, 0.1) is 12.7 Å². The predicted octanol–water partition coefficient (Wildman–Crippen LogP) is 1.78. The van der Waals surface area contributed by atoms with E-state index in [4.69, 9.17) is 9.84 Å². The lowest BCUT2D eigenvalue weighted by molar-refractivity contribution is 0.0523. The summed E-state index contributed by atoms with van der Waals surface area (Å²) in [5.41, 5.74) is 2.26. The number of aliphatic hydroxyl groups excluding tert-OH is 2. The monoisotopic (exact) mass is 310 g/mol. The third-order valence-electron chi connectivity index (χ3n) is 2.73. The van der Waals surface area contributed by atoms with E-state index >= 15 is 0 Å². The summed E-state index contributed by atoms with van der Waals surface area (Å²) in [5, 5.41) is 23.9. The van der Waals surface area contributed by atoms with Crippen molar-refractivity contribution in [1.82, 2.24) is 5.32 Å². The van der Waals surface area contributed by atoms with Gasteiger partial charge in [0.15, 0.2) is 0 Å². The minimum atomic E-state index is -0.802. The van der Waals surface area contributed by atoms with E-state index < -0.39 is 17.8 Å². The molecule has 22 heavy (non-hydrogen) atoms. The maximum Gasteiger partial charge on any atom is 0.407 e. The van der Waals surface area contributed by atoms with Gasteiger partial charge in [-0.05, 0) is 51.0 Å². The number of amides is 1. The van der Waals surface area contributed by atoms with Crippen molar-refractivity contribution in [2.75, 3.05) is 18.5 Å². The molecule has 1 rings (SSSR count). The standard InChI is InChI=1S/C16H26N2O4/c1-11-5-12(8-18-15(21)22-16(2,3)4)7-13(6-11)17-9-14(20)10-19/h5-7,14,17,19-20H,8-10H2,1-4H3,(H,18,21). The van der Waals surface area contributed by atoms with Crippen LogP contribution in [0, 0.1) is 6.92 Å². The number of carbonyl (C=O) groups is 1. The molecule has 4 N–H and O–H groups in total. The van der Waals surface area contributed by atoms with Crippen LogP contribution >= 0.6 is 0 Å². The predicted molar refractivity (Wildman–Crippen MR) is 85.8 cm³/mol. The molecule has 1 aromatic rings. The van der Waals surface area contributed by atoms with Crippen molar-refractivity contribution in [3.8, 4) is 0 Å². The highest BCUT2D eigenvalue weighted by atomic mass is 16.6. The van der Waals surface area contributed by atoms with Gasteiger partial charge in [0, 0.05) is 18.8 Å². The Labute approximate surface area is 131 Å². The quantitative estimate of drug-likeness (QED) is 0.643. The molecule has 0 aromatic heterocycles. The first-order chi connectivity index (χ1) is 10.2. The fourth-order valence-electron chi connectivity index (χ4n) is 1.86. The maximum atomic E-state index is 11.6. The highest BCUT2D eigenvalue weighted by molar-refractivity contribution is 5.67. The first kappa shape index (κ1) is 18.3. The van der Waals surface area contributed by atoms with Crippen LogP contribution in [0.25, 0.3) is 0 Å². The summed E-state index contributed by atoms with van der Waals surface area (Å²) >= 11 is 0. The number of benzene rings is 1. The zero-order valence-corrected chi connectivity index (χ0v) is 13.6. The van der Waals surface area contributed by atoms with E-state index in [2.05, 4.69) is 10.6 Å². The topological polar surface area (TPSA) is 90.8 Å². The summed E-state index contributed by atoms with van der Waals surface area (Å²) < 4.78 is 5.19. The van der Waals surface area contributed by atoms with E-state index in [0.29, 0.717) is 6.54 Å². The minimum Gasteiger partial charge on any atom is -0.444 e. The van der Waals surface area contributed by atoms with E-state index in [0.717, 1.165) is 16.8 Å². The van der Waals surface area contributed by atoms with Gasteiger partial charge in [0.2, 0.25) is 0 Å². The Balaban J connectivity index is 2.60. The smallest absolute Gasteiger partial charge is 0.407 e. The van der Waals surface area contributed by atoms with Crippen LogP contribution in [-0.4, -0.2) is 41.2 Å². The Morgan fingerprint density at radius 1 is 1.32 bits per heavy atom. The number of nitrogens with one attached hydrogen (secondary N) is 2. The Morgan fingerprint density at radius 3 is 2.59 bits per heavy atom. The number of hydrogen-bond acceptors (Lipinski definition) is 5. The Bertz CT molecular complexity index is 497. The van der Waals surface area contributed by atoms with Gasteiger partial charge in [-0.1, -0.05) is 6.07 Å².